The van der Waals surface area contributed by atoms with Crippen LogP contribution in [0.25, 0.3) is 0 Å². The van der Waals surface area contributed by atoms with Gasteiger partial charge in [0.1, 0.15) is 11.5 Å². The van der Waals surface area contributed by atoms with Crippen molar-refractivity contribution in [2.75, 3.05) is 12.4 Å². The van der Waals surface area contributed by atoms with Crippen LogP contribution in [-0.4, -0.2) is 23.5 Å². The summed E-state index contributed by atoms with van der Waals surface area (Å²) in [5.74, 6) is 3.64. The first-order chi connectivity index (χ1) is 7.38. The highest BCUT2D eigenvalue weighted by atomic mass is 32.2. The largest absolute Gasteiger partial charge is 0.464 e. The molecule has 0 radical (unpaired) electrons. The second-order valence-corrected chi connectivity index (χ2v) is 4.90. The monoisotopic (exact) mass is 227 g/mol. The number of hydrogen-bond donors (Lipinski definition) is 2. The van der Waals surface area contributed by atoms with Crippen molar-refractivity contribution in [3.05, 3.63) is 23.7 Å². The minimum absolute atomic E-state index is 0.238. The summed E-state index contributed by atoms with van der Waals surface area (Å²) in [6.07, 6.45) is 2.61. The van der Waals surface area contributed by atoms with Crippen LogP contribution in [0.4, 0.5) is 0 Å². The zero-order valence-electron chi connectivity index (χ0n) is 8.74. The Bertz CT molecular complexity index is 297. The maximum Gasteiger partial charge on any atom is 0.118 e. The van der Waals surface area contributed by atoms with Crippen LogP contribution >= 0.6 is 11.8 Å². The fourth-order valence-corrected chi connectivity index (χ4v) is 1.99. The van der Waals surface area contributed by atoms with Crippen molar-refractivity contribution in [2.45, 2.75) is 31.2 Å². The molecule has 2 rings (SSSR count). The second-order valence-electron chi connectivity index (χ2n) is 3.80. The molecule has 0 bridgehead atoms. The van der Waals surface area contributed by atoms with Crippen molar-refractivity contribution < 1.29 is 9.52 Å². The molecule has 1 fully saturated rings. The molecule has 1 aliphatic rings. The maximum atomic E-state index is 8.64. The van der Waals surface area contributed by atoms with Crippen LogP contribution in [0, 0.1) is 0 Å². The summed E-state index contributed by atoms with van der Waals surface area (Å²) >= 11 is 1.69. The van der Waals surface area contributed by atoms with Crippen molar-refractivity contribution >= 4 is 11.8 Å². The van der Waals surface area contributed by atoms with Gasteiger partial charge in [0.05, 0.1) is 18.9 Å². The molecule has 0 aromatic carbocycles. The highest BCUT2D eigenvalue weighted by Crippen LogP contribution is 2.20. The molecule has 1 aromatic rings. The van der Waals surface area contributed by atoms with Gasteiger partial charge >= 0.3 is 0 Å². The third kappa shape index (κ3) is 3.89. The molecule has 0 amide bonds. The molecule has 1 heterocycles. The molecule has 1 aliphatic carbocycles. The molecule has 2 N–H and O–H groups in total. The van der Waals surface area contributed by atoms with Crippen LogP contribution < -0.4 is 5.32 Å². The molecule has 0 saturated heterocycles. The van der Waals surface area contributed by atoms with E-state index >= 15 is 0 Å². The number of nitrogens with one attached hydrogen (secondary N) is 1. The standard InChI is InChI=1S/C11H17NO2S/c13-5-6-15-8-11-4-3-10(14-11)7-12-9-1-2-9/h3-4,9,12-13H,1-2,5-8H2. The topological polar surface area (TPSA) is 45.4 Å². The minimum atomic E-state index is 0.238. The van der Waals surface area contributed by atoms with E-state index in [2.05, 4.69) is 5.32 Å². The van der Waals surface area contributed by atoms with E-state index in [-0.39, 0.29) is 6.61 Å². The summed E-state index contributed by atoms with van der Waals surface area (Å²) in [7, 11) is 0. The van der Waals surface area contributed by atoms with Gasteiger partial charge < -0.3 is 14.8 Å². The van der Waals surface area contributed by atoms with Gasteiger partial charge in [0, 0.05) is 11.8 Å². The summed E-state index contributed by atoms with van der Waals surface area (Å²) in [6, 6.07) is 4.78. The molecular weight excluding hydrogens is 210 g/mol. The van der Waals surface area contributed by atoms with E-state index in [4.69, 9.17) is 9.52 Å². The Morgan fingerprint density at radius 3 is 2.93 bits per heavy atom. The number of hydrogen-bond acceptors (Lipinski definition) is 4. The van der Waals surface area contributed by atoms with Crippen molar-refractivity contribution in [1.29, 1.82) is 0 Å². The number of thioether (sulfide) groups is 1. The molecule has 4 heteroatoms. The first-order valence-electron chi connectivity index (χ1n) is 5.38. The van der Waals surface area contributed by atoms with E-state index in [1.165, 1.54) is 12.8 Å². The molecule has 0 unspecified atom stereocenters. The van der Waals surface area contributed by atoms with Crippen LogP contribution in [0.1, 0.15) is 24.4 Å². The number of rotatable bonds is 7. The highest BCUT2D eigenvalue weighted by Gasteiger charge is 2.20. The highest BCUT2D eigenvalue weighted by molar-refractivity contribution is 7.98. The van der Waals surface area contributed by atoms with Crippen molar-refractivity contribution in [3.8, 4) is 0 Å². The summed E-state index contributed by atoms with van der Waals surface area (Å²) < 4.78 is 5.64. The zero-order chi connectivity index (χ0) is 10.5. The molecule has 3 nitrogen and oxygen atoms in total. The van der Waals surface area contributed by atoms with Crippen LogP contribution in [0.3, 0.4) is 0 Å². The lowest BCUT2D eigenvalue weighted by Crippen LogP contribution is -2.14. The second kappa shape index (κ2) is 5.58. The van der Waals surface area contributed by atoms with Gasteiger partial charge in [-0.2, -0.15) is 11.8 Å². The molecule has 15 heavy (non-hydrogen) atoms. The maximum absolute atomic E-state index is 8.64. The zero-order valence-corrected chi connectivity index (χ0v) is 9.55. The van der Waals surface area contributed by atoms with Gasteiger partial charge in [-0.3, -0.25) is 0 Å². The van der Waals surface area contributed by atoms with E-state index in [1.54, 1.807) is 11.8 Å². The first kappa shape index (κ1) is 11.0. The number of aliphatic hydroxyl groups excluding tert-OH is 1. The fraction of sp³-hybridized carbons (Fsp3) is 0.636. The minimum Gasteiger partial charge on any atom is -0.464 e. The van der Waals surface area contributed by atoms with E-state index in [0.717, 1.165) is 35.6 Å². The summed E-state index contributed by atoms with van der Waals surface area (Å²) in [5, 5.41) is 12.1. The van der Waals surface area contributed by atoms with Gasteiger partial charge in [-0.25, -0.2) is 0 Å². The lowest BCUT2D eigenvalue weighted by Gasteiger charge is -1.99. The van der Waals surface area contributed by atoms with Gasteiger partial charge in [-0.05, 0) is 25.0 Å². The Morgan fingerprint density at radius 1 is 1.40 bits per heavy atom. The lowest BCUT2D eigenvalue weighted by molar-refractivity contribution is 0.322. The van der Waals surface area contributed by atoms with Crippen molar-refractivity contribution in [3.63, 3.8) is 0 Å². The number of aliphatic hydroxyl groups is 1. The fourth-order valence-electron chi connectivity index (χ4n) is 1.36. The predicted octanol–water partition coefficient (Wildman–Crippen LogP) is 1.76. The lowest BCUT2D eigenvalue weighted by atomic mass is 10.4. The molecular formula is C11H17NO2S. The Balaban J connectivity index is 1.70. The summed E-state index contributed by atoms with van der Waals surface area (Å²) in [4.78, 5) is 0. The van der Waals surface area contributed by atoms with E-state index in [1.807, 2.05) is 12.1 Å². The molecule has 1 aromatic heterocycles. The van der Waals surface area contributed by atoms with Gasteiger partial charge in [-0.1, -0.05) is 0 Å². The Kier molecular flexibility index (Phi) is 4.11. The van der Waals surface area contributed by atoms with Crippen LogP contribution in [-0.2, 0) is 12.3 Å². The Labute approximate surface area is 94.2 Å². The molecule has 0 spiro atoms. The van der Waals surface area contributed by atoms with Gasteiger partial charge in [0.25, 0.3) is 0 Å². The molecule has 84 valence electrons. The van der Waals surface area contributed by atoms with Crippen LogP contribution in [0.5, 0.6) is 0 Å². The third-order valence-corrected chi connectivity index (χ3v) is 3.30. The Morgan fingerprint density at radius 2 is 2.20 bits per heavy atom. The average molecular weight is 227 g/mol. The van der Waals surface area contributed by atoms with Gasteiger partial charge in [0.2, 0.25) is 0 Å². The van der Waals surface area contributed by atoms with E-state index < -0.39 is 0 Å². The first-order valence-corrected chi connectivity index (χ1v) is 6.53. The van der Waals surface area contributed by atoms with Crippen molar-refractivity contribution in [1.82, 2.24) is 5.32 Å². The smallest absolute Gasteiger partial charge is 0.118 e. The van der Waals surface area contributed by atoms with Gasteiger partial charge in [0.15, 0.2) is 0 Å². The summed E-state index contributed by atoms with van der Waals surface area (Å²) in [6.45, 7) is 1.08. The third-order valence-electron chi connectivity index (χ3n) is 2.34. The SMILES string of the molecule is OCCSCc1ccc(CNC2CC2)o1. The molecule has 0 aliphatic heterocycles. The van der Waals surface area contributed by atoms with Gasteiger partial charge in [-0.15, -0.1) is 0 Å². The quantitative estimate of drug-likeness (QED) is 0.697. The van der Waals surface area contributed by atoms with E-state index in [0.29, 0.717) is 0 Å². The molecule has 0 atom stereocenters. The average Bonchev–Trinajstić information content (AvgIpc) is 2.97. The van der Waals surface area contributed by atoms with E-state index in [9.17, 15) is 0 Å². The summed E-state index contributed by atoms with van der Waals surface area (Å²) in [5.41, 5.74) is 0. The number of furan rings is 1. The van der Waals surface area contributed by atoms with Crippen LogP contribution in [0.15, 0.2) is 16.5 Å². The van der Waals surface area contributed by atoms with Crippen LogP contribution in [0.2, 0.25) is 0 Å². The predicted molar refractivity (Wildman–Crippen MR) is 61.8 cm³/mol. The molecule has 1 saturated carbocycles. The Hall–Kier alpha value is -0.450. The normalized spacial score (nSPS) is 15.8. The van der Waals surface area contributed by atoms with Crippen molar-refractivity contribution in [2.24, 2.45) is 0 Å².